The van der Waals surface area contributed by atoms with E-state index in [2.05, 4.69) is 20.1 Å². The van der Waals surface area contributed by atoms with E-state index in [0.717, 1.165) is 0 Å². The van der Waals surface area contributed by atoms with Crippen molar-refractivity contribution in [2.75, 3.05) is 24.9 Å². The molecule has 17 heavy (non-hydrogen) atoms. The molecule has 0 aliphatic rings. The Morgan fingerprint density at radius 1 is 1.00 bits per heavy atom. The van der Waals surface area contributed by atoms with Crippen LogP contribution in [0.4, 0.5) is 21.0 Å². The van der Waals surface area contributed by atoms with Crippen molar-refractivity contribution < 1.29 is 19.1 Å². The number of benzene rings is 1. The number of hydrogen-bond donors (Lipinski definition) is 2. The van der Waals surface area contributed by atoms with Gasteiger partial charge >= 0.3 is 12.2 Å². The third kappa shape index (κ3) is 4.20. The van der Waals surface area contributed by atoms with Crippen LogP contribution in [-0.4, -0.2) is 26.4 Å². The molecule has 0 saturated carbocycles. The molecule has 0 aromatic heterocycles. The Morgan fingerprint density at radius 2 is 1.41 bits per heavy atom. The fourth-order valence-corrected chi connectivity index (χ4v) is 1.31. The molecule has 92 valence electrons. The molecule has 1 aromatic rings. The molecule has 0 saturated heterocycles. The van der Waals surface area contributed by atoms with Gasteiger partial charge in [-0.25, -0.2) is 9.59 Å². The summed E-state index contributed by atoms with van der Waals surface area (Å²) in [4.78, 5) is 22.0. The van der Waals surface area contributed by atoms with Crippen LogP contribution in [0.1, 0.15) is 0 Å². The number of carbonyl (C=O) groups excluding carboxylic acids is 2. The Balaban J connectivity index is 2.86. The van der Waals surface area contributed by atoms with Crippen molar-refractivity contribution in [2.24, 2.45) is 0 Å². The van der Waals surface area contributed by atoms with Gasteiger partial charge in [0, 0.05) is 16.4 Å². The van der Waals surface area contributed by atoms with Crippen molar-refractivity contribution in [2.45, 2.75) is 0 Å². The van der Waals surface area contributed by atoms with E-state index in [1.165, 1.54) is 32.4 Å². The largest absolute Gasteiger partial charge is 0.453 e. The van der Waals surface area contributed by atoms with E-state index in [-0.39, 0.29) is 0 Å². The standard InChI is InChI=1S/C10H11ClN2O4/c1-16-9(14)12-7-3-6(11)4-8(5-7)13-10(15)17-2/h3-5H,1-2H3,(H,12,14)(H,13,15). The van der Waals surface area contributed by atoms with Gasteiger partial charge in [0.1, 0.15) is 0 Å². The number of rotatable bonds is 2. The van der Waals surface area contributed by atoms with Gasteiger partial charge in [-0.1, -0.05) is 11.6 Å². The number of carbonyl (C=O) groups is 2. The van der Waals surface area contributed by atoms with Crippen molar-refractivity contribution in [1.29, 1.82) is 0 Å². The molecule has 7 heteroatoms. The average Bonchev–Trinajstić information content (AvgIpc) is 2.27. The van der Waals surface area contributed by atoms with E-state index >= 15 is 0 Å². The predicted molar refractivity (Wildman–Crippen MR) is 63.5 cm³/mol. The first-order chi connectivity index (χ1) is 8.05. The molecule has 0 aliphatic carbocycles. The minimum atomic E-state index is -0.628. The highest BCUT2D eigenvalue weighted by molar-refractivity contribution is 6.31. The zero-order valence-corrected chi connectivity index (χ0v) is 10.00. The van der Waals surface area contributed by atoms with E-state index in [4.69, 9.17) is 11.6 Å². The second kappa shape index (κ2) is 5.95. The molecule has 0 bridgehead atoms. The van der Waals surface area contributed by atoms with Gasteiger partial charge in [-0.3, -0.25) is 10.6 Å². The van der Waals surface area contributed by atoms with Crippen molar-refractivity contribution in [3.8, 4) is 0 Å². The van der Waals surface area contributed by atoms with Crippen molar-refractivity contribution in [3.05, 3.63) is 23.2 Å². The topological polar surface area (TPSA) is 76.7 Å². The lowest BCUT2D eigenvalue weighted by Gasteiger charge is -2.08. The molecular formula is C10H11ClN2O4. The molecular weight excluding hydrogens is 248 g/mol. The van der Waals surface area contributed by atoms with E-state index in [1.807, 2.05) is 0 Å². The third-order valence-corrected chi connectivity index (χ3v) is 1.98. The summed E-state index contributed by atoms with van der Waals surface area (Å²) in [6.45, 7) is 0. The summed E-state index contributed by atoms with van der Waals surface area (Å²) in [5.74, 6) is 0. The Bertz CT molecular complexity index is 400. The van der Waals surface area contributed by atoms with E-state index < -0.39 is 12.2 Å². The third-order valence-electron chi connectivity index (χ3n) is 1.76. The minimum absolute atomic E-state index is 0.352. The van der Waals surface area contributed by atoms with Gasteiger partial charge in [0.05, 0.1) is 14.2 Å². The SMILES string of the molecule is COC(=O)Nc1cc(Cl)cc(NC(=O)OC)c1. The highest BCUT2D eigenvalue weighted by Gasteiger charge is 2.06. The fraction of sp³-hybridized carbons (Fsp3) is 0.200. The number of amides is 2. The maximum Gasteiger partial charge on any atom is 0.411 e. The maximum atomic E-state index is 11.0. The quantitative estimate of drug-likeness (QED) is 0.855. The van der Waals surface area contributed by atoms with Crippen LogP contribution in [0.2, 0.25) is 5.02 Å². The summed E-state index contributed by atoms with van der Waals surface area (Å²) >= 11 is 5.82. The summed E-state index contributed by atoms with van der Waals surface area (Å²) in [5.41, 5.74) is 0.798. The van der Waals surface area contributed by atoms with Gasteiger partial charge in [0.15, 0.2) is 0 Å². The first kappa shape index (κ1) is 13.1. The normalized spacial score (nSPS) is 9.35. The molecule has 0 spiro atoms. The summed E-state index contributed by atoms with van der Waals surface area (Å²) in [5, 5.41) is 5.20. The lowest BCUT2D eigenvalue weighted by atomic mass is 10.3. The number of methoxy groups -OCH3 is 2. The van der Waals surface area contributed by atoms with E-state index in [0.29, 0.717) is 16.4 Å². The molecule has 0 unspecified atom stereocenters. The number of anilines is 2. The molecule has 0 aliphatic heterocycles. The fourth-order valence-electron chi connectivity index (χ4n) is 1.07. The molecule has 2 N–H and O–H groups in total. The summed E-state index contributed by atoms with van der Waals surface area (Å²) in [7, 11) is 2.49. The van der Waals surface area contributed by atoms with Gasteiger partial charge in [-0.2, -0.15) is 0 Å². The number of halogens is 1. The monoisotopic (exact) mass is 258 g/mol. The zero-order valence-electron chi connectivity index (χ0n) is 9.24. The highest BCUT2D eigenvalue weighted by Crippen LogP contribution is 2.22. The number of hydrogen-bond acceptors (Lipinski definition) is 4. The second-order valence-electron chi connectivity index (χ2n) is 2.96. The van der Waals surface area contributed by atoms with Crippen LogP contribution in [0, 0.1) is 0 Å². The van der Waals surface area contributed by atoms with Crippen LogP contribution >= 0.6 is 11.6 Å². The Morgan fingerprint density at radius 3 is 1.76 bits per heavy atom. The minimum Gasteiger partial charge on any atom is -0.453 e. The molecule has 0 radical (unpaired) electrons. The summed E-state index contributed by atoms with van der Waals surface area (Å²) < 4.78 is 8.86. The van der Waals surface area contributed by atoms with Gasteiger partial charge in [0.2, 0.25) is 0 Å². The molecule has 1 aromatic carbocycles. The van der Waals surface area contributed by atoms with Crippen LogP contribution in [0.15, 0.2) is 18.2 Å². The zero-order chi connectivity index (χ0) is 12.8. The summed E-state index contributed by atoms with van der Waals surface area (Å²) in [6.07, 6.45) is -1.26. The van der Waals surface area contributed by atoms with E-state index in [1.54, 1.807) is 0 Å². The first-order valence-electron chi connectivity index (χ1n) is 4.55. The highest BCUT2D eigenvalue weighted by atomic mass is 35.5. The molecule has 6 nitrogen and oxygen atoms in total. The average molecular weight is 259 g/mol. The van der Waals surface area contributed by atoms with Gasteiger partial charge in [0.25, 0.3) is 0 Å². The van der Waals surface area contributed by atoms with Gasteiger partial charge < -0.3 is 9.47 Å². The van der Waals surface area contributed by atoms with Crippen LogP contribution in [0.25, 0.3) is 0 Å². The Labute approximate surface area is 103 Å². The van der Waals surface area contributed by atoms with Gasteiger partial charge in [-0.15, -0.1) is 0 Å². The smallest absolute Gasteiger partial charge is 0.411 e. The maximum absolute atomic E-state index is 11.0. The van der Waals surface area contributed by atoms with Crippen molar-refractivity contribution in [1.82, 2.24) is 0 Å². The lowest BCUT2D eigenvalue weighted by Crippen LogP contribution is -2.13. The van der Waals surface area contributed by atoms with Crippen molar-refractivity contribution in [3.63, 3.8) is 0 Å². The predicted octanol–water partition coefficient (Wildman–Crippen LogP) is 2.70. The number of nitrogens with one attached hydrogen (secondary N) is 2. The van der Waals surface area contributed by atoms with E-state index in [9.17, 15) is 9.59 Å². The van der Waals surface area contributed by atoms with Crippen molar-refractivity contribution >= 4 is 35.2 Å². The van der Waals surface area contributed by atoms with Crippen LogP contribution in [0.5, 0.6) is 0 Å². The Hall–Kier alpha value is -1.95. The van der Waals surface area contributed by atoms with Crippen LogP contribution in [0.3, 0.4) is 0 Å². The molecule has 0 atom stereocenters. The Kier molecular flexibility index (Phi) is 4.59. The summed E-state index contributed by atoms with van der Waals surface area (Å²) in [6, 6.07) is 4.54. The second-order valence-corrected chi connectivity index (χ2v) is 3.40. The molecule has 0 heterocycles. The molecule has 2 amide bonds. The first-order valence-corrected chi connectivity index (χ1v) is 4.93. The molecule has 0 fully saturated rings. The number of ether oxygens (including phenoxy) is 2. The van der Waals surface area contributed by atoms with Gasteiger partial charge in [-0.05, 0) is 18.2 Å². The lowest BCUT2D eigenvalue weighted by molar-refractivity contribution is 0.186. The van der Waals surface area contributed by atoms with Crippen LogP contribution in [-0.2, 0) is 9.47 Å². The molecule has 1 rings (SSSR count). The van der Waals surface area contributed by atoms with Crippen LogP contribution < -0.4 is 10.6 Å².